The summed E-state index contributed by atoms with van der Waals surface area (Å²) in [6, 6.07) is 10.1. The van der Waals surface area contributed by atoms with Crippen LogP contribution in [0.5, 0.6) is 0 Å². The third kappa shape index (κ3) is 4.12. The first-order valence-electron chi connectivity index (χ1n) is 8.54. The van der Waals surface area contributed by atoms with Crippen molar-refractivity contribution >= 4 is 22.6 Å². The zero-order chi connectivity index (χ0) is 16.9. The van der Waals surface area contributed by atoms with Crippen molar-refractivity contribution in [2.24, 2.45) is 5.92 Å². The number of amides is 1. The van der Waals surface area contributed by atoms with E-state index in [1.54, 1.807) is 0 Å². The fourth-order valence-electron chi connectivity index (χ4n) is 2.90. The summed E-state index contributed by atoms with van der Waals surface area (Å²) in [4.78, 5) is 19.2. The first-order chi connectivity index (χ1) is 11.6. The molecule has 3 rings (SSSR count). The fraction of sp³-hybridized carbons (Fsp3) is 0.500. The lowest BCUT2D eigenvalue weighted by Gasteiger charge is -2.23. The molecule has 0 bridgehead atoms. The molecule has 1 atom stereocenters. The minimum absolute atomic E-state index is 0.110. The van der Waals surface area contributed by atoms with Crippen LogP contribution in [0.3, 0.4) is 0 Å². The van der Waals surface area contributed by atoms with Crippen LogP contribution < -0.4 is 10.2 Å². The van der Waals surface area contributed by atoms with Gasteiger partial charge in [-0.05, 0) is 24.3 Å². The second-order valence-electron chi connectivity index (χ2n) is 6.65. The molecular formula is C18H24N4OS. The van der Waals surface area contributed by atoms with Gasteiger partial charge in [0, 0.05) is 31.0 Å². The highest BCUT2D eigenvalue weighted by molar-refractivity contribution is 7.09. The average Bonchev–Trinajstić information content (AvgIpc) is 3.22. The third-order valence-corrected chi connectivity index (χ3v) is 4.94. The second kappa shape index (κ2) is 7.75. The Bertz CT molecular complexity index is 671. The molecule has 1 aliphatic heterocycles. The van der Waals surface area contributed by atoms with E-state index >= 15 is 0 Å². The highest BCUT2D eigenvalue weighted by Gasteiger charge is 2.32. The Morgan fingerprint density at radius 2 is 2.17 bits per heavy atom. The van der Waals surface area contributed by atoms with E-state index < -0.39 is 0 Å². The van der Waals surface area contributed by atoms with E-state index in [-0.39, 0.29) is 11.9 Å². The number of hydrogen-bond acceptors (Lipinski definition) is 5. The molecule has 24 heavy (non-hydrogen) atoms. The maximum Gasteiger partial charge on any atom is 0.242 e. The van der Waals surface area contributed by atoms with Crippen molar-refractivity contribution in [2.45, 2.75) is 39.2 Å². The van der Waals surface area contributed by atoms with E-state index in [1.165, 1.54) is 17.1 Å². The van der Waals surface area contributed by atoms with Gasteiger partial charge in [-0.15, -0.1) is 0 Å². The summed E-state index contributed by atoms with van der Waals surface area (Å²) in [6.45, 7) is 5.80. The first kappa shape index (κ1) is 16.9. The van der Waals surface area contributed by atoms with Gasteiger partial charge in [0.05, 0.1) is 0 Å². The van der Waals surface area contributed by atoms with E-state index in [0.29, 0.717) is 5.92 Å². The van der Waals surface area contributed by atoms with Crippen LogP contribution in [0.15, 0.2) is 30.3 Å². The van der Waals surface area contributed by atoms with Gasteiger partial charge in [0.1, 0.15) is 11.9 Å². The van der Waals surface area contributed by atoms with Crippen LogP contribution in [0, 0.1) is 5.92 Å². The topological polar surface area (TPSA) is 58.1 Å². The predicted octanol–water partition coefficient (Wildman–Crippen LogP) is 2.87. The van der Waals surface area contributed by atoms with Crippen molar-refractivity contribution in [3.05, 3.63) is 41.7 Å². The van der Waals surface area contributed by atoms with Gasteiger partial charge in [-0.25, -0.2) is 4.98 Å². The quantitative estimate of drug-likeness (QED) is 0.875. The number of hydrogen-bond donors (Lipinski definition) is 1. The summed E-state index contributed by atoms with van der Waals surface area (Å²) in [5.74, 6) is 1.40. The molecule has 128 valence electrons. The Hall–Kier alpha value is -1.95. The zero-order valence-electron chi connectivity index (χ0n) is 14.2. The normalized spacial score (nSPS) is 17.5. The fourth-order valence-corrected chi connectivity index (χ4v) is 3.66. The third-order valence-electron chi connectivity index (χ3n) is 4.15. The van der Waals surface area contributed by atoms with Crippen molar-refractivity contribution in [2.75, 3.05) is 18.0 Å². The maximum absolute atomic E-state index is 12.4. The number of aromatic nitrogens is 2. The van der Waals surface area contributed by atoms with Gasteiger partial charge in [0.15, 0.2) is 0 Å². The van der Waals surface area contributed by atoms with Gasteiger partial charge in [-0.2, -0.15) is 4.37 Å². The molecule has 0 radical (unpaired) electrons. The molecule has 2 aromatic rings. The van der Waals surface area contributed by atoms with Crippen molar-refractivity contribution < 1.29 is 4.79 Å². The van der Waals surface area contributed by atoms with Crippen molar-refractivity contribution in [1.29, 1.82) is 0 Å². The van der Waals surface area contributed by atoms with E-state index in [4.69, 9.17) is 0 Å². The van der Waals surface area contributed by atoms with Gasteiger partial charge < -0.3 is 10.2 Å². The molecule has 2 heterocycles. The summed E-state index contributed by atoms with van der Waals surface area (Å²) in [7, 11) is 0. The average molecular weight is 344 g/mol. The summed E-state index contributed by atoms with van der Waals surface area (Å²) < 4.78 is 4.48. The SMILES string of the molecule is CC(C)CNC(=O)[C@@H]1CCCN1c1nc(Cc2ccccc2)ns1. The molecule has 0 aliphatic carbocycles. The maximum atomic E-state index is 12.4. The molecule has 1 N–H and O–H groups in total. The Kier molecular flexibility index (Phi) is 5.45. The van der Waals surface area contributed by atoms with Gasteiger partial charge in [0.2, 0.25) is 11.0 Å². The lowest BCUT2D eigenvalue weighted by molar-refractivity contribution is -0.122. The molecule has 1 fully saturated rings. The lowest BCUT2D eigenvalue weighted by Crippen LogP contribution is -2.44. The van der Waals surface area contributed by atoms with Crippen LogP contribution in [0.25, 0.3) is 0 Å². The summed E-state index contributed by atoms with van der Waals surface area (Å²) >= 11 is 1.40. The molecular weight excluding hydrogens is 320 g/mol. The molecule has 1 aromatic carbocycles. The first-order valence-corrected chi connectivity index (χ1v) is 9.31. The molecule has 5 nitrogen and oxygen atoms in total. The molecule has 1 aromatic heterocycles. The summed E-state index contributed by atoms with van der Waals surface area (Å²) in [5, 5.41) is 3.91. The zero-order valence-corrected chi connectivity index (χ0v) is 15.1. The number of benzene rings is 1. The Labute approximate surface area is 147 Å². The Morgan fingerprint density at radius 1 is 1.38 bits per heavy atom. The van der Waals surface area contributed by atoms with Crippen LogP contribution >= 0.6 is 11.5 Å². The molecule has 1 amide bonds. The molecule has 0 unspecified atom stereocenters. The summed E-state index contributed by atoms with van der Waals surface area (Å²) in [6.07, 6.45) is 2.64. The van der Waals surface area contributed by atoms with Crippen molar-refractivity contribution in [1.82, 2.24) is 14.7 Å². The Morgan fingerprint density at radius 3 is 2.92 bits per heavy atom. The minimum atomic E-state index is -0.110. The summed E-state index contributed by atoms with van der Waals surface area (Å²) in [5.41, 5.74) is 1.20. The highest BCUT2D eigenvalue weighted by atomic mass is 32.1. The van der Waals surface area contributed by atoms with E-state index in [1.807, 2.05) is 18.2 Å². The minimum Gasteiger partial charge on any atom is -0.354 e. The Balaban J connectivity index is 1.66. The smallest absolute Gasteiger partial charge is 0.242 e. The predicted molar refractivity (Wildman–Crippen MR) is 97.4 cm³/mol. The van der Waals surface area contributed by atoms with Crippen LogP contribution in [0.4, 0.5) is 5.13 Å². The number of rotatable bonds is 6. The van der Waals surface area contributed by atoms with Crippen molar-refractivity contribution in [3.8, 4) is 0 Å². The van der Waals surface area contributed by atoms with Gasteiger partial charge in [-0.1, -0.05) is 44.2 Å². The molecule has 6 heteroatoms. The number of anilines is 1. The van der Waals surface area contributed by atoms with Gasteiger partial charge in [0.25, 0.3) is 0 Å². The molecule has 0 saturated carbocycles. The molecule has 0 spiro atoms. The number of nitrogens with one attached hydrogen (secondary N) is 1. The van der Waals surface area contributed by atoms with Crippen LogP contribution in [-0.2, 0) is 11.2 Å². The van der Waals surface area contributed by atoms with Crippen molar-refractivity contribution in [3.63, 3.8) is 0 Å². The number of nitrogens with zero attached hydrogens (tertiary/aromatic N) is 3. The van der Waals surface area contributed by atoms with Crippen LogP contribution in [0.2, 0.25) is 0 Å². The number of carbonyl (C=O) groups excluding carboxylic acids is 1. The molecule has 1 aliphatic rings. The van der Waals surface area contributed by atoms with Gasteiger partial charge in [-0.3, -0.25) is 4.79 Å². The highest BCUT2D eigenvalue weighted by Crippen LogP contribution is 2.27. The van der Waals surface area contributed by atoms with E-state index in [0.717, 1.165) is 43.3 Å². The standard InChI is InChI=1S/C18H24N4OS/c1-13(2)12-19-17(23)15-9-6-10-22(15)18-20-16(21-24-18)11-14-7-4-3-5-8-14/h3-5,7-8,13,15H,6,9-12H2,1-2H3,(H,19,23)/t15-/m0/s1. The largest absolute Gasteiger partial charge is 0.354 e. The van der Waals surface area contributed by atoms with Crippen LogP contribution in [-0.4, -0.2) is 34.4 Å². The van der Waals surface area contributed by atoms with E-state index in [9.17, 15) is 4.79 Å². The monoisotopic (exact) mass is 344 g/mol. The lowest BCUT2D eigenvalue weighted by atomic mass is 10.1. The second-order valence-corrected chi connectivity index (χ2v) is 7.38. The van der Waals surface area contributed by atoms with Crippen LogP contribution in [0.1, 0.15) is 38.1 Å². The van der Waals surface area contributed by atoms with E-state index in [2.05, 4.69) is 45.6 Å². The van der Waals surface area contributed by atoms with Gasteiger partial charge >= 0.3 is 0 Å². The molecule has 1 saturated heterocycles. The number of carbonyl (C=O) groups is 1.